The number of benzene rings is 1. The van der Waals surface area contributed by atoms with E-state index in [0.29, 0.717) is 12.3 Å². The monoisotopic (exact) mass is 352 g/mol. The number of hydrogen-bond donors (Lipinski definition) is 0. The Balaban J connectivity index is 1.72. The number of ether oxygens (including phenoxy) is 1. The molecule has 3 rings (SSSR count). The van der Waals surface area contributed by atoms with Crippen LogP contribution in [0.5, 0.6) is 5.75 Å². The molecule has 0 unspecified atom stereocenters. The van der Waals surface area contributed by atoms with Gasteiger partial charge in [-0.15, -0.1) is 11.3 Å². The summed E-state index contributed by atoms with van der Waals surface area (Å²) in [5.74, 6) is 1.38. The van der Waals surface area contributed by atoms with Gasteiger partial charge < -0.3 is 4.74 Å². The van der Waals surface area contributed by atoms with Crippen molar-refractivity contribution in [2.24, 2.45) is 0 Å². The van der Waals surface area contributed by atoms with Crippen molar-refractivity contribution < 1.29 is 13.2 Å². The average Bonchev–Trinajstić information content (AvgIpc) is 3.13. The third-order valence-electron chi connectivity index (χ3n) is 4.13. The van der Waals surface area contributed by atoms with Crippen LogP contribution in [0.25, 0.3) is 10.6 Å². The summed E-state index contributed by atoms with van der Waals surface area (Å²) < 4.78 is 28.6. The molecule has 0 bridgehead atoms. The molecule has 2 aromatic rings. The van der Waals surface area contributed by atoms with Crippen LogP contribution in [-0.4, -0.2) is 50.0 Å². The summed E-state index contributed by atoms with van der Waals surface area (Å²) in [5, 5.41) is 0.921. The van der Waals surface area contributed by atoms with Gasteiger partial charge in [-0.1, -0.05) is 12.1 Å². The predicted octanol–water partition coefficient (Wildman–Crippen LogP) is 2.44. The van der Waals surface area contributed by atoms with Gasteiger partial charge in [0.2, 0.25) is 0 Å². The number of aromatic nitrogens is 1. The van der Waals surface area contributed by atoms with Crippen LogP contribution < -0.4 is 4.74 Å². The zero-order valence-corrected chi connectivity index (χ0v) is 14.9. The third kappa shape index (κ3) is 3.73. The van der Waals surface area contributed by atoms with Crippen LogP contribution in [0.15, 0.2) is 30.5 Å². The van der Waals surface area contributed by atoms with E-state index in [1.165, 1.54) is 0 Å². The lowest BCUT2D eigenvalue weighted by atomic mass is 10.2. The molecule has 0 radical (unpaired) electrons. The fourth-order valence-electron chi connectivity index (χ4n) is 2.82. The SMILES string of the molecule is COc1ccccc1-c1ncc(CN(C)[C@H]2CCS(=O)(=O)C2)s1. The summed E-state index contributed by atoms with van der Waals surface area (Å²) >= 11 is 1.62. The van der Waals surface area contributed by atoms with Crippen LogP contribution in [-0.2, 0) is 16.4 Å². The summed E-state index contributed by atoms with van der Waals surface area (Å²) in [5.41, 5.74) is 0.984. The fourth-order valence-corrected chi connectivity index (χ4v) is 5.64. The molecule has 1 atom stereocenters. The molecule has 124 valence electrons. The predicted molar refractivity (Wildman–Crippen MR) is 92.6 cm³/mol. The summed E-state index contributed by atoms with van der Waals surface area (Å²) in [4.78, 5) is 7.73. The normalized spacial score (nSPS) is 20.0. The molecule has 1 fully saturated rings. The molecule has 0 N–H and O–H groups in total. The molecule has 1 aliphatic heterocycles. The number of rotatable bonds is 5. The van der Waals surface area contributed by atoms with E-state index in [-0.39, 0.29) is 11.8 Å². The van der Waals surface area contributed by atoms with Gasteiger partial charge in [0.25, 0.3) is 0 Å². The molecule has 0 spiro atoms. The number of hydrogen-bond acceptors (Lipinski definition) is 6. The molecule has 2 heterocycles. The van der Waals surface area contributed by atoms with Crippen LogP contribution in [0.1, 0.15) is 11.3 Å². The Labute approximate surface area is 140 Å². The first kappa shape index (κ1) is 16.4. The second-order valence-corrected chi connectivity index (χ2v) is 9.15. The molecule has 5 nitrogen and oxygen atoms in total. The number of thiazole rings is 1. The Morgan fingerprint density at radius 1 is 1.39 bits per heavy atom. The molecule has 1 aliphatic rings. The zero-order chi connectivity index (χ0) is 16.4. The minimum absolute atomic E-state index is 0.108. The average molecular weight is 352 g/mol. The van der Waals surface area contributed by atoms with E-state index >= 15 is 0 Å². The van der Waals surface area contributed by atoms with Gasteiger partial charge in [0.1, 0.15) is 10.8 Å². The number of methoxy groups -OCH3 is 1. The van der Waals surface area contributed by atoms with Gasteiger partial charge >= 0.3 is 0 Å². The molecule has 0 amide bonds. The van der Waals surface area contributed by atoms with Gasteiger partial charge in [0.15, 0.2) is 9.84 Å². The lowest BCUT2D eigenvalue weighted by Gasteiger charge is -2.21. The van der Waals surface area contributed by atoms with Gasteiger partial charge in [-0.25, -0.2) is 13.4 Å². The van der Waals surface area contributed by atoms with Crippen LogP contribution in [0.3, 0.4) is 0 Å². The van der Waals surface area contributed by atoms with Gasteiger partial charge in [-0.05, 0) is 25.6 Å². The van der Waals surface area contributed by atoms with E-state index in [4.69, 9.17) is 4.74 Å². The van der Waals surface area contributed by atoms with E-state index in [1.807, 2.05) is 37.5 Å². The molecule has 1 aromatic carbocycles. The molecule has 1 saturated heterocycles. The first-order valence-corrected chi connectivity index (χ1v) is 10.1. The van der Waals surface area contributed by atoms with Crippen molar-refractivity contribution in [2.45, 2.75) is 19.0 Å². The van der Waals surface area contributed by atoms with Crippen molar-refractivity contribution in [1.29, 1.82) is 0 Å². The summed E-state index contributed by atoms with van der Waals surface area (Å²) in [7, 11) is 0.785. The van der Waals surface area contributed by atoms with E-state index in [2.05, 4.69) is 9.88 Å². The quantitative estimate of drug-likeness (QED) is 0.827. The highest BCUT2D eigenvalue weighted by molar-refractivity contribution is 7.91. The van der Waals surface area contributed by atoms with Gasteiger partial charge in [0, 0.05) is 23.7 Å². The Kier molecular flexibility index (Phi) is 4.70. The van der Waals surface area contributed by atoms with Crippen LogP contribution in [0, 0.1) is 0 Å². The lowest BCUT2D eigenvalue weighted by molar-refractivity contribution is 0.256. The third-order valence-corrected chi connectivity index (χ3v) is 6.89. The Hall–Kier alpha value is -1.44. The molecular weight excluding hydrogens is 332 g/mol. The summed E-state index contributed by atoms with van der Waals surface area (Å²) in [6.07, 6.45) is 2.59. The lowest BCUT2D eigenvalue weighted by Crippen LogP contribution is -2.31. The topological polar surface area (TPSA) is 59.5 Å². The van der Waals surface area contributed by atoms with Gasteiger partial charge in [0.05, 0.1) is 24.2 Å². The first-order valence-electron chi connectivity index (χ1n) is 7.47. The minimum atomic E-state index is -2.85. The Bertz CT molecular complexity index is 786. The van der Waals surface area contributed by atoms with E-state index in [1.54, 1.807) is 18.4 Å². The van der Waals surface area contributed by atoms with Crippen molar-refractivity contribution in [1.82, 2.24) is 9.88 Å². The molecule has 7 heteroatoms. The highest BCUT2D eigenvalue weighted by atomic mass is 32.2. The zero-order valence-electron chi connectivity index (χ0n) is 13.2. The maximum absolute atomic E-state index is 11.6. The maximum atomic E-state index is 11.6. The van der Waals surface area contributed by atoms with E-state index in [0.717, 1.165) is 27.6 Å². The highest BCUT2D eigenvalue weighted by Gasteiger charge is 2.30. The summed E-state index contributed by atoms with van der Waals surface area (Å²) in [6.45, 7) is 0.715. The van der Waals surface area contributed by atoms with Gasteiger partial charge in [-0.2, -0.15) is 0 Å². The molecular formula is C16H20N2O3S2. The largest absolute Gasteiger partial charge is 0.496 e. The smallest absolute Gasteiger partial charge is 0.151 e. The molecule has 0 saturated carbocycles. The second kappa shape index (κ2) is 6.59. The maximum Gasteiger partial charge on any atom is 0.151 e. The minimum Gasteiger partial charge on any atom is -0.496 e. The van der Waals surface area contributed by atoms with Crippen LogP contribution in [0.2, 0.25) is 0 Å². The number of sulfone groups is 1. The van der Waals surface area contributed by atoms with Crippen molar-refractivity contribution in [3.8, 4) is 16.3 Å². The molecule has 1 aromatic heterocycles. The van der Waals surface area contributed by atoms with Crippen molar-refractivity contribution in [3.05, 3.63) is 35.3 Å². The molecule has 23 heavy (non-hydrogen) atoms. The van der Waals surface area contributed by atoms with E-state index in [9.17, 15) is 8.42 Å². The summed E-state index contributed by atoms with van der Waals surface area (Å²) in [6, 6.07) is 7.93. The van der Waals surface area contributed by atoms with Gasteiger partial charge in [-0.3, -0.25) is 4.90 Å². The highest BCUT2D eigenvalue weighted by Crippen LogP contribution is 2.33. The van der Waals surface area contributed by atoms with Crippen molar-refractivity contribution in [2.75, 3.05) is 25.7 Å². The van der Waals surface area contributed by atoms with E-state index < -0.39 is 9.84 Å². The Morgan fingerprint density at radius 2 is 2.17 bits per heavy atom. The van der Waals surface area contributed by atoms with Crippen LogP contribution >= 0.6 is 11.3 Å². The fraction of sp³-hybridized carbons (Fsp3) is 0.438. The number of para-hydroxylation sites is 1. The second-order valence-electron chi connectivity index (χ2n) is 5.80. The molecule has 0 aliphatic carbocycles. The van der Waals surface area contributed by atoms with Crippen molar-refractivity contribution >= 4 is 21.2 Å². The first-order chi connectivity index (χ1) is 11.0. The Morgan fingerprint density at radius 3 is 2.87 bits per heavy atom. The van der Waals surface area contributed by atoms with Crippen molar-refractivity contribution in [3.63, 3.8) is 0 Å². The number of nitrogens with zero attached hydrogens (tertiary/aromatic N) is 2. The van der Waals surface area contributed by atoms with Crippen LogP contribution in [0.4, 0.5) is 0 Å². The standard InChI is InChI=1S/C16H20N2O3S2/c1-18(12-7-8-23(19,20)11-12)10-13-9-17-16(22-13)14-5-3-4-6-15(14)21-2/h3-6,9,12H,7-8,10-11H2,1-2H3/t12-/m0/s1.